The van der Waals surface area contributed by atoms with Gasteiger partial charge in [-0.2, -0.15) is 0 Å². The van der Waals surface area contributed by atoms with Crippen LogP contribution < -0.4 is 5.32 Å². The Kier molecular flexibility index (Phi) is 2.82. The van der Waals surface area contributed by atoms with E-state index < -0.39 is 0 Å². The first-order chi connectivity index (χ1) is 10.3. The maximum atomic E-state index is 4.64. The summed E-state index contributed by atoms with van der Waals surface area (Å²) < 4.78 is 1.18. The van der Waals surface area contributed by atoms with Crippen molar-refractivity contribution in [3.05, 3.63) is 60.3 Å². The Bertz CT molecular complexity index is 910. The summed E-state index contributed by atoms with van der Waals surface area (Å²) in [7, 11) is 0. The highest BCUT2D eigenvalue weighted by Gasteiger charge is 2.07. The molecule has 1 N–H and O–H groups in total. The highest BCUT2D eigenvalue weighted by atomic mass is 32.1. The Labute approximate surface area is 126 Å². The van der Waals surface area contributed by atoms with Crippen LogP contribution in [0, 0.1) is 6.92 Å². The van der Waals surface area contributed by atoms with Gasteiger partial charge in [-0.05, 0) is 31.2 Å². The summed E-state index contributed by atoms with van der Waals surface area (Å²) in [6.45, 7) is 2.01. The fourth-order valence-corrected chi connectivity index (χ4v) is 3.26. The smallest absolute Gasteiger partial charge is 0.188 e. The zero-order valence-corrected chi connectivity index (χ0v) is 12.3. The lowest BCUT2D eigenvalue weighted by atomic mass is 10.2. The number of aromatic nitrogens is 2. The maximum absolute atomic E-state index is 4.64. The van der Waals surface area contributed by atoms with Crippen molar-refractivity contribution in [3.63, 3.8) is 0 Å². The number of aryl methyl sites for hydroxylation is 1. The number of anilines is 2. The Morgan fingerprint density at radius 2 is 1.81 bits per heavy atom. The van der Waals surface area contributed by atoms with Gasteiger partial charge in [0, 0.05) is 11.1 Å². The predicted octanol–water partition coefficient (Wildman–Crippen LogP) is 4.90. The van der Waals surface area contributed by atoms with Crippen LogP contribution in [0.3, 0.4) is 0 Å². The number of hydrogen-bond donors (Lipinski definition) is 1. The molecular formula is C17H13N3S. The van der Waals surface area contributed by atoms with Crippen LogP contribution in [0.15, 0.2) is 54.6 Å². The summed E-state index contributed by atoms with van der Waals surface area (Å²) in [6.07, 6.45) is 0. The van der Waals surface area contributed by atoms with Gasteiger partial charge in [-0.3, -0.25) is 4.98 Å². The van der Waals surface area contributed by atoms with E-state index in [2.05, 4.69) is 33.5 Å². The SMILES string of the molecule is Cc1ccc2cccc(Nc3nc4ccccc4s3)c2n1. The molecule has 0 unspecified atom stereocenters. The molecule has 4 aromatic rings. The highest BCUT2D eigenvalue weighted by molar-refractivity contribution is 7.22. The van der Waals surface area contributed by atoms with Crippen molar-refractivity contribution in [3.8, 4) is 0 Å². The molecule has 0 saturated heterocycles. The summed E-state index contributed by atoms with van der Waals surface area (Å²) in [5, 5.41) is 5.44. The third kappa shape index (κ3) is 2.23. The van der Waals surface area contributed by atoms with Crippen LogP contribution in [0.2, 0.25) is 0 Å². The van der Waals surface area contributed by atoms with E-state index in [1.54, 1.807) is 11.3 Å². The van der Waals surface area contributed by atoms with E-state index in [1.165, 1.54) is 4.70 Å². The van der Waals surface area contributed by atoms with Gasteiger partial charge in [-0.15, -0.1) is 0 Å². The number of nitrogens with one attached hydrogen (secondary N) is 1. The summed E-state index contributed by atoms with van der Waals surface area (Å²) in [5.41, 5.74) is 4.02. The largest absolute Gasteiger partial charge is 0.330 e. The minimum atomic E-state index is 0.895. The zero-order valence-electron chi connectivity index (χ0n) is 11.5. The van der Waals surface area contributed by atoms with Crippen LogP contribution in [0.4, 0.5) is 10.8 Å². The molecule has 21 heavy (non-hydrogen) atoms. The minimum absolute atomic E-state index is 0.895. The van der Waals surface area contributed by atoms with Crippen LogP contribution in [0.5, 0.6) is 0 Å². The van der Waals surface area contributed by atoms with Crippen LogP contribution in [0.1, 0.15) is 5.69 Å². The van der Waals surface area contributed by atoms with Crippen molar-refractivity contribution in [1.29, 1.82) is 0 Å². The van der Waals surface area contributed by atoms with Gasteiger partial charge in [0.05, 0.1) is 21.4 Å². The second-order valence-corrected chi connectivity index (χ2v) is 5.97. The number of rotatable bonds is 2. The average Bonchev–Trinajstić information content (AvgIpc) is 2.90. The summed E-state index contributed by atoms with van der Waals surface area (Å²) in [6, 6.07) is 18.4. The Morgan fingerprint density at radius 1 is 0.905 bits per heavy atom. The number of nitrogens with zero attached hydrogens (tertiary/aromatic N) is 2. The third-order valence-corrected chi connectivity index (χ3v) is 4.35. The van der Waals surface area contributed by atoms with E-state index in [-0.39, 0.29) is 0 Å². The molecule has 102 valence electrons. The molecule has 0 amide bonds. The van der Waals surface area contributed by atoms with Crippen molar-refractivity contribution in [2.75, 3.05) is 5.32 Å². The first kappa shape index (κ1) is 12.3. The van der Waals surface area contributed by atoms with Crippen molar-refractivity contribution in [2.24, 2.45) is 0 Å². The van der Waals surface area contributed by atoms with E-state index in [0.29, 0.717) is 0 Å². The quantitative estimate of drug-likeness (QED) is 0.571. The average molecular weight is 291 g/mol. The molecule has 0 radical (unpaired) electrons. The molecule has 3 nitrogen and oxygen atoms in total. The monoisotopic (exact) mass is 291 g/mol. The number of benzene rings is 2. The van der Waals surface area contributed by atoms with Crippen molar-refractivity contribution >= 4 is 43.3 Å². The standard InChI is InChI=1S/C17H13N3S/c1-11-9-10-12-5-4-7-14(16(12)18-11)20-17-19-13-6-2-3-8-15(13)21-17/h2-10H,1H3,(H,19,20). The molecule has 4 rings (SSSR count). The lowest BCUT2D eigenvalue weighted by Crippen LogP contribution is -1.93. The molecule has 0 atom stereocenters. The lowest BCUT2D eigenvalue weighted by molar-refractivity contribution is 1.25. The number of pyridine rings is 1. The molecule has 4 heteroatoms. The summed E-state index contributed by atoms with van der Waals surface area (Å²) in [4.78, 5) is 9.26. The van der Waals surface area contributed by atoms with Crippen molar-refractivity contribution in [1.82, 2.24) is 9.97 Å². The van der Waals surface area contributed by atoms with E-state index in [0.717, 1.165) is 32.9 Å². The molecule has 2 heterocycles. The van der Waals surface area contributed by atoms with Gasteiger partial charge in [-0.25, -0.2) is 4.98 Å². The molecule has 0 aliphatic heterocycles. The molecule has 2 aromatic carbocycles. The molecular weight excluding hydrogens is 278 g/mol. The number of hydrogen-bond acceptors (Lipinski definition) is 4. The van der Waals surface area contributed by atoms with Gasteiger partial charge in [0.2, 0.25) is 0 Å². The van der Waals surface area contributed by atoms with E-state index in [9.17, 15) is 0 Å². The second-order valence-electron chi connectivity index (χ2n) is 4.94. The second kappa shape index (κ2) is 4.82. The van der Waals surface area contributed by atoms with E-state index >= 15 is 0 Å². The van der Waals surface area contributed by atoms with Crippen LogP contribution in [0.25, 0.3) is 21.1 Å². The summed E-state index contributed by atoms with van der Waals surface area (Å²) in [5.74, 6) is 0. The molecule has 0 spiro atoms. The zero-order chi connectivity index (χ0) is 14.2. The Hall–Kier alpha value is -2.46. The van der Waals surface area contributed by atoms with Gasteiger partial charge < -0.3 is 5.32 Å². The van der Waals surface area contributed by atoms with Gasteiger partial charge in [-0.1, -0.05) is 41.7 Å². The molecule has 0 aliphatic rings. The van der Waals surface area contributed by atoms with Gasteiger partial charge in [0.15, 0.2) is 5.13 Å². The Morgan fingerprint density at radius 3 is 2.71 bits per heavy atom. The van der Waals surface area contributed by atoms with Crippen molar-refractivity contribution in [2.45, 2.75) is 6.92 Å². The fourth-order valence-electron chi connectivity index (χ4n) is 2.39. The van der Waals surface area contributed by atoms with Crippen LogP contribution in [-0.2, 0) is 0 Å². The number of fused-ring (bicyclic) bond motifs is 2. The first-order valence-corrected chi connectivity index (χ1v) is 7.60. The van der Waals surface area contributed by atoms with Crippen molar-refractivity contribution < 1.29 is 0 Å². The molecule has 0 aliphatic carbocycles. The molecule has 0 bridgehead atoms. The topological polar surface area (TPSA) is 37.8 Å². The molecule has 2 aromatic heterocycles. The lowest BCUT2D eigenvalue weighted by Gasteiger charge is -2.07. The Balaban J connectivity index is 1.81. The maximum Gasteiger partial charge on any atom is 0.188 e. The van der Waals surface area contributed by atoms with E-state index in [1.807, 2.05) is 43.3 Å². The first-order valence-electron chi connectivity index (χ1n) is 6.78. The normalized spacial score (nSPS) is 11.1. The molecule has 0 fully saturated rings. The minimum Gasteiger partial charge on any atom is -0.330 e. The summed E-state index contributed by atoms with van der Waals surface area (Å²) >= 11 is 1.65. The van der Waals surface area contributed by atoms with Crippen LogP contribution in [-0.4, -0.2) is 9.97 Å². The predicted molar refractivity (Wildman–Crippen MR) is 89.4 cm³/mol. The third-order valence-electron chi connectivity index (χ3n) is 3.39. The molecule has 0 saturated carbocycles. The van der Waals surface area contributed by atoms with Crippen LogP contribution >= 0.6 is 11.3 Å². The van der Waals surface area contributed by atoms with Gasteiger partial charge in [0.25, 0.3) is 0 Å². The van der Waals surface area contributed by atoms with Gasteiger partial charge >= 0.3 is 0 Å². The number of para-hydroxylation sites is 2. The number of thiazole rings is 1. The van der Waals surface area contributed by atoms with Gasteiger partial charge in [0.1, 0.15) is 0 Å². The highest BCUT2D eigenvalue weighted by Crippen LogP contribution is 2.30. The van der Waals surface area contributed by atoms with E-state index in [4.69, 9.17) is 0 Å². The fraction of sp³-hybridized carbons (Fsp3) is 0.0588.